The number of benzene rings is 1. The van der Waals surface area contributed by atoms with Crippen LogP contribution in [0.25, 0.3) is 6.08 Å². The summed E-state index contributed by atoms with van der Waals surface area (Å²) in [6.45, 7) is 5.19. The van der Waals surface area contributed by atoms with Gasteiger partial charge in [0.25, 0.3) is 11.1 Å². The van der Waals surface area contributed by atoms with E-state index in [4.69, 9.17) is 4.74 Å². The van der Waals surface area contributed by atoms with Crippen LogP contribution >= 0.6 is 27.7 Å². The van der Waals surface area contributed by atoms with Gasteiger partial charge in [-0.1, -0.05) is 18.7 Å². The molecular weight excluding hydrogens is 432 g/mol. The normalized spacial score (nSPS) is 18.5. The Labute approximate surface area is 170 Å². The summed E-state index contributed by atoms with van der Waals surface area (Å²) in [5.41, 5.74) is 0.754. The van der Waals surface area contributed by atoms with Crippen molar-refractivity contribution in [1.29, 1.82) is 0 Å². The lowest BCUT2D eigenvalue weighted by Gasteiger charge is -2.18. The molecule has 2 aliphatic rings. The van der Waals surface area contributed by atoms with E-state index in [2.05, 4.69) is 22.5 Å². The zero-order chi connectivity index (χ0) is 19.4. The van der Waals surface area contributed by atoms with Gasteiger partial charge in [0.15, 0.2) is 0 Å². The topological polar surface area (TPSA) is 66.9 Å². The Balaban J connectivity index is 1.71. The molecule has 3 rings (SSSR count). The largest absolute Gasteiger partial charge is 0.488 e. The van der Waals surface area contributed by atoms with E-state index in [1.807, 2.05) is 6.07 Å². The molecule has 0 aromatic heterocycles. The number of hydrogen-bond acceptors (Lipinski definition) is 5. The van der Waals surface area contributed by atoms with E-state index in [1.54, 1.807) is 29.2 Å². The number of hydrogen-bond donors (Lipinski definition) is 0. The molecule has 0 spiro atoms. The van der Waals surface area contributed by atoms with Crippen molar-refractivity contribution in [2.24, 2.45) is 0 Å². The van der Waals surface area contributed by atoms with Gasteiger partial charge in [-0.05, 0) is 64.3 Å². The number of imide groups is 1. The first-order valence-electron chi connectivity index (χ1n) is 8.56. The first-order valence-corrected chi connectivity index (χ1v) is 10.2. The molecule has 0 unspecified atom stereocenters. The maximum atomic E-state index is 12.6. The second-order valence-electron chi connectivity index (χ2n) is 6.15. The summed E-state index contributed by atoms with van der Waals surface area (Å²) in [7, 11) is 0. The molecule has 6 nitrogen and oxygen atoms in total. The lowest BCUT2D eigenvalue weighted by molar-refractivity contribution is -0.135. The molecule has 0 saturated carbocycles. The molecule has 2 saturated heterocycles. The van der Waals surface area contributed by atoms with Crippen molar-refractivity contribution in [2.75, 3.05) is 26.2 Å². The average molecular weight is 451 g/mol. The lowest BCUT2D eigenvalue weighted by Crippen LogP contribution is -2.40. The Morgan fingerprint density at radius 2 is 2.04 bits per heavy atom. The van der Waals surface area contributed by atoms with Crippen LogP contribution in [0.1, 0.15) is 18.4 Å². The van der Waals surface area contributed by atoms with Gasteiger partial charge in [0.1, 0.15) is 18.9 Å². The van der Waals surface area contributed by atoms with Crippen LogP contribution in [0.15, 0.2) is 40.2 Å². The van der Waals surface area contributed by atoms with E-state index >= 15 is 0 Å². The van der Waals surface area contributed by atoms with Gasteiger partial charge in [-0.3, -0.25) is 19.3 Å². The molecule has 0 aliphatic carbocycles. The quantitative estimate of drug-likeness (QED) is 0.488. The van der Waals surface area contributed by atoms with Gasteiger partial charge in [0.05, 0.1) is 9.38 Å². The number of carbonyl (C=O) groups is 3. The number of carbonyl (C=O) groups excluding carboxylic acids is 3. The third kappa shape index (κ3) is 4.62. The molecular formula is C19H19BrN2O4S. The fraction of sp³-hybridized carbons (Fsp3) is 0.316. The smallest absolute Gasteiger partial charge is 0.294 e. The summed E-state index contributed by atoms with van der Waals surface area (Å²) in [6, 6.07) is 5.38. The van der Waals surface area contributed by atoms with E-state index in [9.17, 15) is 14.4 Å². The molecule has 1 aromatic rings. The first-order chi connectivity index (χ1) is 13.0. The molecule has 8 heteroatoms. The molecule has 2 fully saturated rings. The average Bonchev–Trinajstić information content (AvgIpc) is 3.26. The van der Waals surface area contributed by atoms with Gasteiger partial charge in [-0.15, -0.1) is 0 Å². The molecule has 142 valence electrons. The van der Waals surface area contributed by atoms with E-state index in [0.29, 0.717) is 30.4 Å². The number of nitrogens with zero attached hydrogens (tertiary/aromatic N) is 2. The Bertz CT molecular complexity index is 818. The summed E-state index contributed by atoms with van der Waals surface area (Å²) in [5.74, 6) is 0.0551. The predicted octanol–water partition coefficient (Wildman–Crippen LogP) is 3.67. The van der Waals surface area contributed by atoms with Crippen LogP contribution in [0.3, 0.4) is 0 Å². The number of amides is 3. The zero-order valence-electron chi connectivity index (χ0n) is 14.7. The van der Waals surface area contributed by atoms with Crippen LogP contribution in [0.4, 0.5) is 4.79 Å². The maximum Gasteiger partial charge on any atom is 0.294 e. The van der Waals surface area contributed by atoms with Crippen LogP contribution in [-0.2, 0) is 9.59 Å². The molecule has 0 bridgehead atoms. The van der Waals surface area contributed by atoms with E-state index in [0.717, 1.165) is 39.5 Å². The Morgan fingerprint density at radius 3 is 2.70 bits per heavy atom. The second kappa shape index (κ2) is 8.75. The monoisotopic (exact) mass is 450 g/mol. The SMILES string of the molecule is C=CCOc1ccc(/C=C2/SC(=O)N(CC(=O)N3CCCC3)C2=O)cc1Br. The van der Waals surface area contributed by atoms with Crippen molar-refractivity contribution >= 4 is 50.8 Å². The predicted molar refractivity (Wildman–Crippen MR) is 108 cm³/mol. The molecule has 0 radical (unpaired) electrons. The molecule has 0 N–H and O–H groups in total. The minimum Gasteiger partial charge on any atom is -0.488 e. The number of halogens is 1. The molecule has 2 heterocycles. The minimum atomic E-state index is -0.430. The fourth-order valence-electron chi connectivity index (χ4n) is 2.86. The lowest BCUT2D eigenvalue weighted by atomic mass is 10.2. The summed E-state index contributed by atoms with van der Waals surface area (Å²) in [6.07, 6.45) is 5.23. The van der Waals surface area contributed by atoms with Gasteiger partial charge in [-0.2, -0.15) is 0 Å². The van der Waals surface area contributed by atoms with Crippen molar-refractivity contribution in [3.8, 4) is 5.75 Å². The van der Waals surface area contributed by atoms with Crippen LogP contribution in [0.2, 0.25) is 0 Å². The summed E-state index contributed by atoms with van der Waals surface area (Å²) in [5, 5.41) is -0.413. The number of likely N-dealkylation sites (tertiary alicyclic amines) is 1. The second-order valence-corrected chi connectivity index (χ2v) is 7.99. The highest BCUT2D eigenvalue weighted by atomic mass is 79.9. The van der Waals surface area contributed by atoms with Crippen LogP contribution in [0.5, 0.6) is 5.75 Å². The van der Waals surface area contributed by atoms with Crippen molar-refractivity contribution < 1.29 is 19.1 Å². The highest BCUT2D eigenvalue weighted by molar-refractivity contribution is 9.10. The maximum absolute atomic E-state index is 12.6. The Morgan fingerprint density at radius 1 is 1.30 bits per heavy atom. The van der Waals surface area contributed by atoms with Crippen molar-refractivity contribution in [3.05, 3.63) is 45.8 Å². The molecule has 2 aliphatic heterocycles. The zero-order valence-corrected chi connectivity index (χ0v) is 17.1. The summed E-state index contributed by atoms with van der Waals surface area (Å²) >= 11 is 4.28. The highest BCUT2D eigenvalue weighted by Gasteiger charge is 2.37. The van der Waals surface area contributed by atoms with Gasteiger partial charge < -0.3 is 9.64 Å². The van der Waals surface area contributed by atoms with E-state index in [1.165, 1.54) is 0 Å². The van der Waals surface area contributed by atoms with Gasteiger partial charge in [0, 0.05) is 13.1 Å². The van der Waals surface area contributed by atoms with E-state index in [-0.39, 0.29) is 12.5 Å². The van der Waals surface area contributed by atoms with Crippen LogP contribution in [0, 0.1) is 0 Å². The van der Waals surface area contributed by atoms with Crippen LogP contribution in [-0.4, -0.2) is 53.1 Å². The molecule has 0 atom stereocenters. The highest BCUT2D eigenvalue weighted by Crippen LogP contribution is 2.34. The van der Waals surface area contributed by atoms with Crippen molar-refractivity contribution in [2.45, 2.75) is 12.8 Å². The summed E-state index contributed by atoms with van der Waals surface area (Å²) in [4.78, 5) is 40.0. The van der Waals surface area contributed by atoms with Crippen molar-refractivity contribution in [1.82, 2.24) is 9.80 Å². The molecule has 27 heavy (non-hydrogen) atoms. The third-order valence-electron chi connectivity index (χ3n) is 4.24. The molecule has 1 aromatic carbocycles. The number of ether oxygens (including phenoxy) is 1. The fourth-order valence-corrected chi connectivity index (χ4v) is 4.21. The first kappa shape index (κ1) is 19.7. The number of rotatable bonds is 6. The van der Waals surface area contributed by atoms with Gasteiger partial charge >= 0.3 is 0 Å². The van der Waals surface area contributed by atoms with E-state index < -0.39 is 11.1 Å². The Kier molecular flexibility index (Phi) is 6.38. The van der Waals surface area contributed by atoms with Crippen LogP contribution < -0.4 is 4.74 Å². The molecule has 3 amide bonds. The summed E-state index contributed by atoms with van der Waals surface area (Å²) < 4.78 is 6.23. The minimum absolute atomic E-state index is 0.178. The van der Waals surface area contributed by atoms with Crippen molar-refractivity contribution in [3.63, 3.8) is 0 Å². The number of thioether (sulfide) groups is 1. The standard InChI is InChI=1S/C19H19BrN2O4S/c1-2-9-26-15-6-5-13(10-14(15)20)11-16-18(24)22(19(25)27-16)12-17(23)21-7-3-4-8-21/h2,5-6,10-11H,1,3-4,7-9,12H2/b16-11+. The third-order valence-corrected chi connectivity index (χ3v) is 5.76. The Hall–Kier alpha value is -2.06. The van der Waals surface area contributed by atoms with Gasteiger partial charge in [0.2, 0.25) is 5.91 Å². The van der Waals surface area contributed by atoms with Gasteiger partial charge in [-0.25, -0.2) is 0 Å².